The Hall–Kier alpha value is -1.61. The molecule has 1 N–H and O–H groups in total. The van der Waals surface area contributed by atoms with Gasteiger partial charge in [0.1, 0.15) is 0 Å². The maximum Gasteiger partial charge on any atom is 0.0926 e. The van der Waals surface area contributed by atoms with E-state index in [1.165, 1.54) is 56.2 Å². The van der Waals surface area contributed by atoms with E-state index in [2.05, 4.69) is 46.4 Å². The Bertz CT molecular complexity index is 626. The van der Waals surface area contributed by atoms with Gasteiger partial charge in [-0.05, 0) is 31.4 Å². The van der Waals surface area contributed by atoms with E-state index in [0.29, 0.717) is 6.04 Å². The minimum absolute atomic E-state index is 0.477. The molecule has 0 radical (unpaired) electrons. The molecule has 4 rings (SSSR count). The standard InChI is InChI=1S/C20H27N3/c1-3-8-16(9-4-1)14-19-20-15-18(17-10-5-2-6-11-17)22-23(20)13-7-12-21-19/h2,5-6,10-11,15-16,19,21H,1,3-4,7-9,12-14H2/t19-/m0/s1. The Kier molecular flexibility index (Phi) is 4.47. The minimum Gasteiger partial charge on any atom is -0.309 e. The predicted molar refractivity (Wildman–Crippen MR) is 94.2 cm³/mol. The van der Waals surface area contributed by atoms with Crippen LogP contribution in [0.5, 0.6) is 0 Å². The first-order valence-electron chi connectivity index (χ1n) is 9.27. The summed E-state index contributed by atoms with van der Waals surface area (Å²) in [7, 11) is 0. The Morgan fingerprint density at radius 3 is 2.70 bits per heavy atom. The molecule has 1 fully saturated rings. The van der Waals surface area contributed by atoms with Crippen LogP contribution >= 0.6 is 0 Å². The Labute approximate surface area is 139 Å². The number of aromatic nitrogens is 2. The normalized spacial score (nSPS) is 22.5. The molecule has 0 spiro atoms. The van der Waals surface area contributed by atoms with Gasteiger partial charge in [0, 0.05) is 18.2 Å². The zero-order chi connectivity index (χ0) is 15.5. The summed E-state index contributed by atoms with van der Waals surface area (Å²) < 4.78 is 2.26. The lowest BCUT2D eigenvalue weighted by atomic mass is 9.84. The smallest absolute Gasteiger partial charge is 0.0926 e. The molecule has 2 aliphatic rings. The highest BCUT2D eigenvalue weighted by atomic mass is 15.3. The molecule has 3 heteroatoms. The fourth-order valence-electron chi connectivity index (χ4n) is 4.21. The lowest BCUT2D eigenvalue weighted by Crippen LogP contribution is -2.24. The van der Waals surface area contributed by atoms with E-state index in [4.69, 9.17) is 5.10 Å². The van der Waals surface area contributed by atoms with Crippen molar-refractivity contribution in [1.82, 2.24) is 15.1 Å². The molecule has 1 aromatic heterocycles. The second kappa shape index (κ2) is 6.88. The molecular weight excluding hydrogens is 282 g/mol. The summed E-state index contributed by atoms with van der Waals surface area (Å²) in [6.07, 6.45) is 9.56. The Balaban J connectivity index is 1.59. The molecule has 2 heterocycles. The SMILES string of the molecule is c1ccc(-c2cc3n(n2)CCCN[C@H]3CC2CCCCC2)cc1. The molecule has 1 saturated carbocycles. The van der Waals surface area contributed by atoms with E-state index < -0.39 is 0 Å². The van der Waals surface area contributed by atoms with Crippen LogP contribution < -0.4 is 5.32 Å². The van der Waals surface area contributed by atoms with Gasteiger partial charge in [0.05, 0.1) is 11.4 Å². The van der Waals surface area contributed by atoms with Gasteiger partial charge in [0.25, 0.3) is 0 Å². The third-order valence-corrected chi connectivity index (χ3v) is 5.47. The second-order valence-corrected chi connectivity index (χ2v) is 7.14. The quantitative estimate of drug-likeness (QED) is 0.901. The van der Waals surface area contributed by atoms with Gasteiger partial charge in [-0.25, -0.2) is 0 Å². The summed E-state index contributed by atoms with van der Waals surface area (Å²) in [6.45, 7) is 2.15. The van der Waals surface area contributed by atoms with Crippen LogP contribution in [0.25, 0.3) is 11.3 Å². The van der Waals surface area contributed by atoms with Crippen molar-refractivity contribution >= 4 is 0 Å². The number of rotatable bonds is 3. The lowest BCUT2D eigenvalue weighted by molar-refractivity contribution is 0.299. The van der Waals surface area contributed by atoms with Gasteiger partial charge in [-0.2, -0.15) is 5.10 Å². The minimum atomic E-state index is 0.477. The maximum absolute atomic E-state index is 4.90. The number of hydrogen-bond donors (Lipinski definition) is 1. The van der Waals surface area contributed by atoms with Crippen LogP contribution in [0.4, 0.5) is 0 Å². The van der Waals surface area contributed by atoms with Crippen LogP contribution in [0, 0.1) is 5.92 Å². The Morgan fingerprint density at radius 2 is 1.87 bits per heavy atom. The van der Waals surface area contributed by atoms with Gasteiger partial charge in [-0.15, -0.1) is 0 Å². The summed E-state index contributed by atoms with van der Waals surface area (Å²) >= 11 is 0. The fraction of sp³-hybridized carbons (Fsp3) is 0.550. The van der Waals surface area contributed by atoms with Crippen molar-refractivity contribution in [3.05, 3.63) is 42.1 Å². The zero-order valence-corrected chi connectivity index (χ0v) is 13.9. The number of benzene rings is 1. The van der Waals surface area contributed by atoms with Crippen molar-refractivity contribution in [2.75, 3.05) is 6.54 Å². The average Bonchev–Trinajstić information content (AvgIpc) is 2.95. The van der Waals surface area contributed by atoms with E-state index in [-0.39, 0.29) is 0 Å². The van der Waals surface area contributed by atoms with Gasteiger partial charge in [-0.3, -0.25) is 4.68 Å². The van der Waals surface area contributed by atoms with Gasteiger partial charge in [0.2, 0.25) is 0 Å². The van der Waals surface area contributed by atoms with Crippen LogP contribution in [0.1, 0.15) is 56.7 Å². The summed E-state index contributed by atoms with van der Waals surface area (Å²) in [5, 5.41) is 8.69. The van der Waals surface area contributed by atoms with Crippen molar-refractivity contribution in [3.8, 4) is 11.3 Å². The summed E-state index contributed by atoms with van der Waals surface area (Å²) in [5.41, 5.74) is 3.74. The van der Waals surface area contributed by atoms with E-state index in [1.807, 2.05) is 0 Å². The average molecular weight is 309 g/mol. The summed E-state index contributed by atoms with van der Waals surface area (Å²) in [5.74, 6) is 0.892. The van der Waals surface area contributed by atoms with Gasteiger partial charge < -0.3 is 5.32 Å². The third-order valence-electron chi connectivity index (χ3n) is 5.47. The van der Waals surface area contributed by atoms with Crippen molar-refractivity contribution in [3.63, 3.8) is 0 Å². The van der Waals surface area contributed by atoms with E-state index in [9.17, 15) is 0 Å². The lowest BCUT2D eigenvalue weighted by Gasteiger charge is -2.26. The molecular formula is C20H27N3. The second-order valence-electron chi connectivity index (χ2n) is 7.14. The van der Waals surface area contributed by atoms with Gasteiger partial charge in [0.15, 0.2) is 0 Å². The van der Waals surface area contributed by atoms with Gasteiger partial charge >= 0.3 is 0 Å². The molecule has 1 aliphatic heterocycles. The molecule has 3 nitrogen and oxygen atoms in total. The van der Waals surface area contributed by atoms with Crippen LogP contribution in [0.2, 0.25) is 0 Å². The number of hydrogen-bond acceptors (Lipinski definition) is 2. The highest BCUT2D eigenvalue weighted by Gasteiger charge is 2.25. The van der Waals surface area contributed by atoms with Crippen molar-refractivity contribution in [2.45, 2.75) is 57.5 Å². The number of aryl methyl sites for hydroxylation is 1. The summed E-state index contributed by atoms with van der Waals surface area (Å²) in [6, 6.07) is 13.4. The molecule has 0 bridgehead atoms. The van der Waals surface area contributed by atoms with E-state index in [0.717, 1.165) is 24.7 Å². The molecule has 0 unspecified atom stereocenters. The van der Waals surface area contributed by atoms with Crippen LogP contribution in [0.15, 0.2) is 36.4 Å². The topological polar surface area (TPSA) is 29.9 Å². The molecule has 1 atom stereocenters. The third kappa shape index (κ3) is 3.35. The van der Waals surface area contributed by atoms with Gasteiger partial charge in [-0.1, -0.05) is 62.4 Å². The first-order valence-corrected chi connectivity index (χ1v) is 9.27. The maximum atomic E-state index is 4.90. The number of nitrogens with zero attached hydrogens (tertiary/aromatic N) is 2. The summed E-state index contributed by atoms with van der Waals surface area (Å²) in [4.78, 5) is 0. The van der Waals surface area contributed by atoms with Crippen molar-refractivity contribution in [1.29, 1.82) is 0 Å². The van der Waals surface area contributed by atoms with Crippen LogP contribution in [-0.2, 0) is 6.54 Å². The first-order chi connectivity index (χ1) is 11.4. The fourth-order valence-corrected chi connectivity index (χ4v) is 4.21. The number of fused-ring (bicyclic) bond motifs is 1. The van der Waals surface area contributed by atoms with Crippen molar-refractivity contribution in [2.24, 2.45) is 5.92 Å². The van der Waals surface area contributed by atoms with Crippen LogP contribution in [-0.4, -0.2) is 16.3 Å². The molecule has 122 valence electrons. The van der Waals surface area contributed by atoms with Crippen molar-refractivity contribution < 1.29 is 0 Å². The highest BCUT2D eigenvalue weighted by molar-refractivity contribution is 5.59. The highest BCUT2D eigenvalue weighted by Crippen LogP contribution is 2.34. The molecule has 2 aromatic rings. The Morgan fingerprint density at radius 1 is 1.04 bits per heavy atom. The van der Waals surface area contributed by atoms with E-state index in [1.54, 1.807) is 0 Å². The molecule has 1 aliphatic carbocycles. The monoisotopic (exact) mass is 309 g/mol. The van der Waals surface area contributed by atoms with Crippen LogP contribution in [0.3, 0.4) is 0 Å². The molecule has 0 amide bonds. The molecule has 23 heavy (non-hydrogen) atoms. The largest absolute Gasteiger partial charge is 0.309 e. The first kappa shape index (κ1) is 14.9. The predicted octanol–water partition coefficient (Wildman–Crippen LogP) is 4.55. The van der Waals surface area contributed by atoms with E-state index >= 15 is 0 Å². The molecule has 1 aromatic carbocycles. The number of nitrogens with one attached hydrogen (secondary N) is 1. The zero-order valence-electron chi connectivity index (χ0n) is 13.9. The molecule has 0 saturated heterocycles.